The molecule has 8 heteroatoms. The Balaban J connectivity index is 3.20. The van der Waals surface area contributed by atoms with E-state index in [-0.39, 0.29) is 18.1 Å². The lowest BCUT2D eigenvalue weighted by molar-refractivity contribution is -0.134. The van der Waals surface area contributed by atoms with E-state index in [0.717, 1.165) is 12.1 Å². The Kier molecular flexibility index (Phi) is 8.32. The lowest BCUT2D eigenvalue weighted by atomic mass is 10.00. The largest absolute Gasteiger partial charge is 0.485 e. The first-order chi connectivity index (χ1) is 12.7. The van der Waals surface area contributed by atoms with Gasteiger partial charge < -0.3 is 15.4 Å². The molecule has 0 aromatic rings. The zero-order valence-corrected chi connectivity index (χ0v) is 16.1. The number of nitrogens with one attached hydrogen (secondary N) is 2. The maximum absolute atomic E-state index is 14.1. The maximum atomic E-state index is 14.1. The number of nitriles is 1. The first kappa shape index (κ1) is 22.5. The molecule has 1 rings (SSSR count). The minimum Gasteiger partial charge on any atom is -0.485 e. The molecule has 27 heavy (non-hydrogen) atoms. The Morgan fingerprint density at radius 2 is 2.26 bits per heavy atom. The molecule has 0 aromatic heterocycles. The summed E-state index contributed by atoms with van der Waals surface area (Å²) >= 11 is 0. The molecule has 2 unspecified atom stereocenters. The maximum Gasteiger partial charge on any atom is 0.296 e. The van der Waals surface area contributed by atoms with Crippen LogP contribution in [0, 0.1) is 11.3 Å². The highest BCUT2D eigenvalue weighted by atomic mass is 19.3. The van der Waals surface area contributed by atoms with E-state index in [4.69, 9.17) is 4.74 Å². The molecule has 1 heterocycles. The first-order valence-electron chi connectivity index (χ1n) is 8.72. The van der Waals surface area contributed by atoms with E-state index in [2.05, 4.69) is 33.9 Å². The molecule has 1 aliphatic heterocycles. The van der Waals surface area contributed by atoms with Gasteiger partial charge in [0.2, 0.25) is 11.5 Å². The number of allylic oxidation sites excluding steroid dienone is 4. The second-order valence-corrected chi connectivity index (χ2v) is 6.30. The van der Waals surface area contributed by atoms with Gasteiger partial charge in [-0.1, -0.05) is 25.7 Å². The Hall–Kier alpha value is -2.53. The Labute approximate surface area is 159 Å². The van der Waals surface area contributed by atoms with Crippen molar-refractivity contribution in [2.45, 2.75) is 51.2 Å². The summed E-state index contributed by atoms with van der Waals surface area (Å²) < 4.78 is 33.8. The van der Waals surface area contributed by atoms with Crippen LogP contribution in [0.3, 0.4) is 0 Å². The molecule has 0 saturated carbocycles. The van der Waals surface area contributed by atoms with E-state index >= 15 is 0 Å². The SMILES string of the molecule is C=C/C=C(/OC1CCNCC1(F)F)C(C)(C#N)N=C(N=C)N/C(C)=C\CC. The number of alkyl halides is 2. The summed E-state index contributed by atoms with van der Waals surface area (Å²) in [5.41, 5.74) is -0.797. The van der Waals surface area contributed by atoms with Gasteiger partial charge in [0.15, 0.2) is 6.10 Å². The zero-order valence-electron chi connectivity index (χ0n) is 16.1. The highest BCUT2D eigenvalue weighted by Crippen LogP contribution is 2.32. The van der Waals surface area contributed by atoms with Crippen LogP contribution >= 0.6 is 0 Å². The van der Waals surface area contributed by atoms with Gasteiger partial charge in [0, 0.05) is 12.1 Å². The molecule has 1 aliphatic rings. The molecule has 148 valence electrons. The smallest absolute Gasteiger partial charge is 0.296 e. The standard InChI is InChI=1S/C19H27F2N5O/c1-6-8-14(3)25-17(23-5)26-18(4,12-22)15(9-7-2)27-16-10-11-24-13-19(16,20)21/h7-9,16,24H,2,5-6,10-11,13H2,1,3-4H3,(H,25,26)/b14-8-,15-9+. The second-order valence-electron chi connectivity index (χ2n) is 6.30. The summed E-state index contributed by atoms with van der Waals surface area (Å²) in [6.07, 6.45) is 4.21. The molecular formula is C19H27F2N5O. The van der Waals surface area contributed by atoms with E-state index in [9.17, 15) is 14.0 Å². The Morgan fingerprint density at radius 1 is 1.56 bits per heavy atom. The van der Waals surface area contributed by atoms with E-state index < -0.39 is 24.1 Å². The summed E-state index contributed by atoms with van der Waals surface area (Å²) in [7, 11) is 0. The summed E-state index contributed by atoms with van der Waals surface area (Å²) in [6.45, 7) is 12.2. The first-order valence-corrected chi connectivity index (χ1v) is 8.72. The molecule has 0 aliphatic carbocycles. The number of piperidine rings is 1. The highest BCUT2D eigenvalue weighted by molar-refractivity contribution is 5.86. The van der Waals surface area contributed by atoms with Gasteiger partial charge >= 0.3 is 0 Å². The molecule has 0 radical (unpaired) electrons. The monoisotopic (exact) mass is 379 g/mol. The summed E-state index contributed by atoms with van der Waals surface area (Å²) in [5, 5.41) is 15.3. The van der Waals surface area contributed by atoms with Crippen molar-refractivity contribution in [1.82, 2.24) is 10.6 Å². The van der Waals surface area contributed by atoms with Crippen LogP contribution in [0.4, 0.5) is 8.78 Å². The van der Waals surface area contributed by atoms with Gasteiger partial charge in [-0.3, -0.25) is 0 Å². The number of ether oxygens (including phenoxy) is 1. The van der Waals surface area contributed by atoms with Crippen LogP contribution in [0.25, 0.3) is 0 Å². The third-order valence-electron chi connectivity index (χ3n) is 3.95. The number of nitrogens with zero attached hydrogens (tertiary/aromatic N) is 3. The lowest BCUT2D eigenvalue weighted by Crippen LogP contribution is -2.51. The van der Waals surface area contributed by atoms with Crippen molar-refractivity contribution in [1.29, 1.82) is 5.26 Å². The third kappa shape index (κ3) is 6.29. The van der Waals surface area contributed by atoms with Gasteiger partial charge in [0.25, 0.3) is 5.92 Å². The molecule has 0 spiro atoms. The molecular weight excluding hydrogens is 352 g/mol. The normalized spacial score (nSPS) is 23.0. The van der Waals surface area contributed by atoms with E-state index in [1.54, 1.807) is 0 Å². The van der Waals surface area contributed by atoms with Crippen molar-refractivity contribution >= 4 is 12.7 Å². The van der Waals surface area contributed by atoms with Crippen LogP contribution in [0.15, 0.2) is 46.2 Å². The Morgan fingerprint density at radius 3 is 2.78 bits per heavy atom. The van der Waals surface area contributed by atoms with Crippen LogP contribution in [-0.2, 0) is 4.74 Å². The summed E-state index contributed by atoms with van der Waals surface area (Å²) in [4.78, 5) is 8.06. The van der Waals surface area contributed by atoms with Crippen LogP contribution in [0.1, 0.15) is 33.6 Å². The molecule has 2 atom stereocenters. The van der Waals surface area contributed by atoms with Crippen molar-refractivity contribution < 1.29 is 13.5 Å². The van der Waals surface area contributed by atoms with E-state index in [1.165, 1.54) is 19.1 Å². The number of rotatable bonds is 7. The fourth-order valence-corrected chi connectivity index (χ4v) is 2.52. The number of aliphatic imine (C=N–C) groups is 2. The van der Waals surface area contributed by atoms with Gasteiger partial charge in [-0.2, -0.15) is 5.26 Å². The van der Waals surface area contributed by atoms with Crippen LogP contribution in [0.5, 0.6) is 0 Å². The predicted molar refractivity (Wildman–Crippen MR) is 104 cm³/mol. The third-order valence-corrected chi connectivity index (χ3v) is 3.95. The quantitative estimate of drug-likeness (QED) is 0.308. The zero-order chi connectivity index (χ0) is 20.5. The van der Waals surface area contributed by atoms with Crippen LogP contribution in [0.2, 0.25) is 0 Å². The van der Waals surface area contributed by atoms with E-state index in [0.29, 0.717) is 6.54 Å². The van der Waals surface area contributed by atoms with E-state index in [1.807, 2.05) is 26.0 Å². The van der Waals surface area contributed by atoms with Gasteiger partial charge in [-0.25, -0.2) is 18.8 Å². The predicted octanol–water partition coefficient (Wildman–Crippen LogP) is 3.31. The molecule has 0 amide bonds. The van der Waals surface area contributed by atoms with Crippen molar-refractivity contribution in [2.75, 3.05) is 13.1 Å². The fourth-order valence-electron chi connectivity index (χ4n) is 2.52. The van der Waals surface area contributed by atoms with Crippen molar-refractivity contribution in [3.05, 3.63) is 36.3 Å². The van der Waals surface area contributed by atoms with Crippen LogP contribution in [-0.4, -0.2) is 43.3 Å². The second kappa shape index (κ2) is 9.97. The average Bonchev–Trinajstić information content (AvgIpc) is 2.62. The molecule has 6 nitrogen and oxygen atoms in total. The van der Waals surface area contributed by atoms with Crippen molar-refractivity contribution in [3.8, 4) is 6.07 Å². The topological polar surface area (TPSA) is 81.8 Å². The molecule has 0 bridgehead atoms. The van der Waals surface area contributed by atoms with Crippen molar-refractivity contribution in [3.63, 3.8) is 0 Å². The molecule has 0 aromatic carbocycles. The van der Waals surface area contributed by atoms with Gasteiger partial charge in [-0.15, -0.1) is 0 Å². The summed E-state index contributed by atoms with van der Waals surface area (Å²) in [6, 6.07) is 2.01. The van der Waals surface area contributed by atoms with Crippen LogP contribution < -0.4 is 10.6 Å². The minimum absolute atomic E-state index is 0.0216. The molecule has 1 saturated heterocycles. The highest BCUT2D eigenvalue weighted by Gasteiger charge is 2.45. The number of hydrogen-bond acceptors (Lipinski definition) is 4. The van der Waals surface area contributed by atoms with Gasteiger partial charge in [0.05, 0.1) is 6.54 Å². The van der Waals surface area contributed by atoms with Gasteiger partial charge in [0.1, 0.15) is 11.8 Å². The number of hydrogen-bond donors (Lipinski definition) is 2. The lowest BCUT2D eigenvalue weighted by Gasteiger charge is -2.34. The fraction of sp³-hybridized carbons (Fsp3) is 0.526. The molecule has 2 N–H and O–H groups in total. The summed E-state index contributed by atoms with van der Waals surface area (Å²) in [5.74, 6) is -2.99. The molecule has 1 fully saturated rings. The average molecular weight is 379 g/mol. The Bertz CT molecular complexity index is 678. The van der Waals surface area contributed by atoms with Gasteiger partial charge in [-0.05, 0) is 39.6 Å². The minimum atomic E-state index is -3.06. The number of guanidine groups is 1. The number of halogens is 2. The van der Waals surface area contributed by atoms with Crippen molar-refractivity contribution in [2.24, 2.45) is 9.98 Å².